The van der Waals surface area contributed by atoms with Gasteiger partial charge in [-0.15, -0.1) is 0 Å². The van der Waals surface area contributed by atoms with Crippen molar-refractivity contribution in [1.82, 2.24) is 9.21 Å². The van der Waals surface area contributed by atoms with Crippen LogP contribution in [-0.4, -0.2) is 49.7 Å². The number of rotatable bonds is 4. The zero-order valence-electron chi connectivity index (χ0n) is 15.6. The molecule has 1 aliphatic heterocycles. The van der Waals surface area contributed by atoms with Crippen molar-refractivity contribution >= 4 is 22.0 Å². The summed E-state index contributed by atoms with van der Waals surface area (Å²) in [5, 5.41) is 1.24. The highest BCUT2D eigenvalue weighted by molar-refractivity contribution is 7.92. The van der Waals surface area contributed by atoms with E-state index < -0.39 is 10.0 Å². The Kier molecular flexibility index (Phi) is 5.77. The molecule has 1 fully saturated rings. The Hall–Kier alpha value is -2.44. The summed E-state index contributed by atoms with van der Waals surface area (Å²) in [5.41, 5.74) is 3.71. The maximum absolute atomic E-state index is 12.7. The molecule has 0 bridgehead atoms. The second kappa shape index (κ2) is 8.06. The first kappa shape index (κ1) is 19.3. The highest BCUT2D eigenvalue weighted by Crippen LogP contribution is 2.16. The minimum atomic E-state index is -3.49. The van der Waals surface area contributed by atoms with E-state index >= 15 is 0 Å². The van der Waals surface area contributed by atoms with Crippen molar-refractivity contribution in [3.8, 4) is 0 Å². The number of sulfonamides is 1. The molecule has 2 aromatic carbocycles. The van der Waals surface area contributed by atoms with E-state index in [-0.39, 0.29) is 5.91 Å². The summed E-state index contributed by atoms with van der Waals surface area (Å²) >= 11 is 0. The maximum atomic E-state index is 12.7. The molecule has 5 nitrogen and oxygen atoms in total. The molecule has 0 saturated carbocycles. The van der Waals surface area contributed by atoms with Crippen molar-refractivity contribution in [3.63, 3.8) is 0 Å². The lowest BCUT2D eigenvalue weighted by molar-refractivity contribution is 0.0698. The average Bonchev–Trinajstić information content (AvgIpc) is 2.69. The molecule has 0 aromatic heterocycles. The molecule has 27 heavy (non-hydrogen) atoms. The first-order valence-corrected chi connectivity index (χ1v) is 10.5. The number of piperazine rings is 1. The molecule has 3 rings (SSSR count). The molecule has 142 valence electrons. The van der Waals surface area contributed by atoms with E-state index in [2.05, 4.69) is 0 Å². The van der Waals surface area contributed by atoms with Crippen LogP contribution in [0.4, 0.5) is 0 Å². The molecule has 0 radical (unpaired) electrons. The zero-order chi connectivity index (χ0) is 19.4. The molecule has 1 aliphatic rings. The van der Waals surface area contributed by atoms with Crippen molar-refractivity contribution in [2.24, 2.45) is 0 Å². The monoisotopic (exact) mass is 384 g/mol. The van der Waals surface area contributed by atoms with Crippen molar-refractivity contribution < 1.29 is 13.2 Å². The lowest BCUT2D eigenvalue weighted by atomic mass is 10.1. The first-order valence-electron chi connectivity index (χ1n) is 8.96. The number of benzene rings is 2. The quantitative estimate of drug-likeness (QED) is 0.814. The second-order valence-corrected chi connectivity index (χ2v) is 8.57. The fourth-order valence-corrected chi connectivity index (χ4v) is 4.19. The number of carbonyl (C=O) groups excluding carboxylic acids is 1. The highest BCUT2D eigenvalue weighted by Gasteiger charge is 2.27. The predicted molar refractivity (Wildman–Crippen MR) is 108 cm³/mol. The summed E-state index contributed by atoms with van der Waals surface area (Å²) in [7, 11) is -3.49. The summed E-state index contributed by atoms with van der Waals surface area (Å²) in [6, 6.07) is 15.0. The van der Waals surface area contributed by atoms with Gasteiger partial charge in [-0.3, -0.25) is 4.79 Å². The van der Waals surface area contributed by atoms with Crippen LogP contribution in [0.3, 0.4) is 0 Å². The number of amides is 1. The van der Waals surface area contributed by atoms with Crippen molar-refractivity contribution in [2.45, 2.75) is 13.8 Å². The van der Waals surface area contributed by atoms with Crippen LogP contribution in [0.2, 0.25) is 0 Å². The predicted octanol–water partition coefficient (Wildman–Crippen LogP) is 3.06. The SMILES string of the molecule is Cc1ccc(C(=O)N2CCN(S(=O)(=O)/C=C/c3ccccc3)CC2)cc1C. The van der Waals surface area contributed by atoms with Crippen molar-refractivity contribution in [1.29, 1.82) is 0 Å². The van der Waals surface area contributed by atoms with Crippen LogP contribution in [0.1, 0.15) is 27.0 Å². The van der Waals surface area contributed by atoms with Gasteiger partial charge in [0.1, 0.15) is 0 Å². The molecule has 0 spiro atoms. The number of hydrogen-bond acceptors (Lipinski definition) is 3. The molecule has 1 amide bonds. The number of hydrogen-bond donors (Lipinski definition) is 0. The van der Waals surface area contributed by atoms with E-state index in [4.69, 9.17) is 0 Å². The maximum Gasteiger partial charge on any atom is 0.253 e. The molecule has 0 aliphatic carbocycles. The Morgan fingerprint density at radius 3 is 2.22 bits per heavy atom. The third-order valence-corrected chi connectivity index (χ3v) is 6.44. The lowest BCUT2D eigenvalue weighted by Gasteiger charge is -2.33. The fraction of sp³-hybridized carbons (Fsp3) is 0.286. The normalized spacial score (nSPS) is 16.0. The van der Waals surface area contributed by atoms with Crippen LogP contribution < -0.4 is 0 Å². The van der Waals surface area contributed by atoms with Crippen LogP contribution in [0.25, 0.3) is 6.08 Å². The van der Waals surface area contributed by atoms with E-state index in [1.165, 1.54) is 9.71 Å². The van der Waals surface area contributed by atoms with E-state index in [1.807, 2.05) is 62.4 Å². The Morgan fingerprint density at radius 1 is 0.926 bits per heavy atom. The van der Waals surface area contributed by atoms with Gasteiger partial charge in [0.25, 0.3) is 5.91 Å². The van der Waals surface area contributed by atoms with Gasteiger partial charge in [0.15, 0.2) is 0 Å². The summed E-state index contributed by atoms with van der Waals surface area (Å²) in [6.45, 7) is 5.39. The van der Waals surface area contributed by atoms with Gasteiger partial charge < -0.3 is 4.90 Å². The first-order chi connectivity index (χ1) is 12.9. The highest BCUT2D eigenvalue weighted by atomic mass is 32.2. The molecule has 2 aromatic rings. The van der Waals surface area contributed by atoms with Gasteiger partial charge >= 0.3 is 0 Å². The smallest absolute Gasteiger partial charge is 0.253 e. The van der Waals surface area contributed by atoms with E-state index in [0.717, 1.165) is 16.7 Å². The van der Waals surface area contributed by atoms with Crippen LogP contribution in [0.5, 0.6) is 0 Å². The minimum Gasteiger partial charge on any atom is -0.336 e. The molecule has 0 atom stereocenters. The minimum absolute atomic E-state index is 0.0463. The lowest BCUT2D eigenvalue weighted by Crippen LogP contribution is -2.50. The van der Waals surface area contributed by atoms with E-state index in [1.54, 1.807) is 11.0 Å². The molecule has 0 N–H and O–H groups in total. The molecule has 0 unspecified atom stereocenters. The van der Waals surface area contributed by atoms with Gasteiger partial charge in [-0.05, 0) is 48.7 Å². The van der Waals surface area contributed by atoms with Crippen LogP contribution in [-0.2, 0) is 10.0 Å². The topological polar surface area (TPSA) is 57.7 Å². The standard InChI is InChI=1S/C21H24N2O3S/c1-17-8-9-20(16-18(17)2)21(24)22-11-13-23(14-12-22)27(25,26)15-10-19-6-4-3-5-7-19/h3-10,15-16H,11-14H2,1-2H3/b15-10+. The Bertz CT molecular complexity index is 945. The van der Waals surface area contributed by atoms with Crippen molar-refractivity contribution in [3.05, 3.63) is 76.2 Å². The zero-order valence-corrected chi connectivity index (χ0v) is 16.4. The van der Waals surface area contributed by atoms with Crippen molar-refractivity contribution in [2.75, 3.05) is 26.2 Å². The molecule has 1 heterocycles. The third kappa shape index (κ3) is 4.64. The van der Waals surface area contributed by atoms with Gasteiger partial charge in [0, 0.05) is 37.2 Å². The summed E-state index contributed by atoms with van der Waals surface area (Å²) < 4.78 is 26.5. The number of aryl methyl sites for hydroxylation is 2. The Balaban J connectivity index is 1.63. The Morgan fingerprint density at radius 2 is 1.59 bits per heavy atom. The molecule has 1 saturated heterocycles. The van der Waals surface area contributed by atoms with Gasteiger partial charge in [-0.25, -0.2) is 8.42 Å². The largest absolute Gasteiger partial charge is 0.336 e. The van der Waals surface area contributed by atoms with Gasteiger partial charge in [-0.1, -0.05) is 36.4 Å². The number of carbonyl (C=O) groups is 1. The van der Waals surface area contributed by atoms with Gasteiger partial charge in [0.05, 0.1) is 0 Å². The fourth-order valence-electron chi connectivity index (χ4n) is 3.02. The van der Waals surface area contributed by atoms with E-state index in [0.29, 0.717) is 31.7 Å². The third-order valence-electron chi connectivity index (χ3n) is 4.87. The Labute approximate surface area is 161 Å². The molecular formula is C21H24N2O3S. The van der Waals surface area contributed by atoms with Crippen LogP contribution in [0.15, 0.2) is 53.9 Å². The second-order valence-electron chi connectivity index (χ2n) is 6.75. The van der Waals surface area contributed by atoms with Gasteiger partial charge in [0.2, 0.25) is 10.0 Å². The van der Waals surface area contributed by atoms with Crippen LogP contribution >= 0.6 is 0 Å². The van der Waals surface area contributed by atoms with Gasteiger partial charge in [-0.2, -0.15) is 4.31 Å². The molecular weight excluding hydrogens is 360 g/mol. The summed E-state index contributed by atoms with van der Waals surface area (Å²) in [4.78, 5) is 14.4. The summed E-state index contributed by atoms with van der Waals surface area (Å²) in [5.74, 6) is -0.0463. The van der Waals surface area contributed by atoms with E-state index in [9.17, 15) is 13.2 Å². The van der Waals surface area contributed by atoms with Crippen LogP contribution in [0, 0.1) is 13.8 Å². The average molecular weight is 385 g/mol. The molecule has 6 heteroatoms. The summed E-state index contributed by atoms with van der Waals surface area (Å²) in [6.07, 6.45) is 1.60. The number of nitrogens with zero attached hydrogens (tertiary/aromatic N) is 2.